The monoisotopic (exact) mass is 332 g/mol. The Balaban J connectivity index is 2.04. The second-order valence-electron chi connectivity index (χ2n) is 4.88. The number of halogens is 4. The maximum Gasteiger partial charge on any atom is 0.433 e. The smallest absolute Gasteiger partial charge is 0.306 e. The van der Waals surface area contributed by atoms with E-state index in [1.54, 1.807) is 10.9 Å². The largest absolute Gasteiger partial charge is 0.433 e. The SMILES string of the molecule is CCn1cc(CN[C@H](C)c2ccc(C(F)(F)F)nc2Cl)cn1. The molecule has 0 spiro atoms. The fourth-order valence-corrected chi connectivity index (χ4v) is 2.30. The molecule has 2 aromatic heterocycles. The number of hydrogen-bond donors (Lipinski definition) is 1. The Morgan fingerprint density at radius 2 is 2.09 bits per heavy atom. The fraction of sp³-hybridized carbons (Fsp3) is 0.429. The van der Waals surface area contributed by atoms with Crippen LogP contribution in [0, 0.1) is 0 Å². The first-order chi connectivity index (χ1) is 10.3. The quantitative estimate of drug-likeness (QED) is 0.846. The molecular weight excluding hydrogens is 317 g/mol. The second-order valence-corrected chi connectivity index (χ2v) is 5.24. The number of hydrogen-bond acceptors (Lipinski definition) is 3. The molecule has 2 aromatic rings. The minimum absolute atomic E-state index is 0.140. The number of aromatic nitrogens is 3. The summed E-state index contributed by atoms with van der Waals surface area (Å²) < 4.78 is 39.5. The highest BCUT2D eigenvalue weighted by atomic mass is 35.5. The zero-order chi connectivity index (χ0) is 16.3. The molecule has 4 nitrogen and oxygen atoms in total. The van der Waals surface area contributed by atoms with E-state index in [0.717, 1.165) is 18.2 Å². The van der Waals surface area contributed by atoms with E-state index in [1.165, 1.54) is 6.07 Å². The maximum absolute atomic E-state index is 12.6. The van der Waals surface area contributed by atoms with Crippen LogP contribution in [0.2, 0.25) is 5.15 Å². The van der Waals surface area contributed by atoms with Gasteiger partial charge in [-0.25, -0.2) is 4.98 Å². The summed E-state index contributed by atoms with van der Waals surface area (Å²) in [5.74, 6) is 0. The third-order valence-electron chi connectivity index (χ3n) is 3.26. The fourth-order valence-electron chi connectivity index (χ4n) is 1.98. The lowest BCUT2D eigenvalue weighted by Gasteiger charge is -2.16. The third-order valence-corrected chi connectivity index (χ3v) is 3.56. The van der Waals surface area contributed by atoms with Gasteiger partial charge in [-0.15, -0.1) is 0 Å². The van der Waals surface area contributed by atoms with Crippen molar-refractivity contribution in [3.8, 4) is 0 Å². The van der Waals surface area contributed by atoms with Gasteiger partial charge in [0.05, 0.1) is 6.20 Å². The molecule has 0 aliphatic rings. The number of alkyl halides is 3. The first kappa shape index (κ1) is 16.8. The van der Waals surface area contributed by atoms with Crippen LogP contribution in [0.25, 0.3) is 0 Å². The molecule has 0 amide bonds. The predicted octanol–water partition coefficient (Wildman–Crippen LogP) is 3.82. The van der Waals surface area contributed by atoms with Gasteiger partial charge in [0.2, 0.25) is 0 Å². The molecule has 0 fully saturated rings. The maximum atomic E-state index is 12.6. The van der Waals surface area contributed by atoms with Gasteiger partial charge >= 0.3 is 6.18 Å². The third kappa shape index (κ3) is 3.98. The van der Waals surface area contributed by atoms with Gasteiger partial charge in [0.15, 0.2) is 0 Å². The lowest BCUT2D eigenvalue weighted by atomic mass is 10.1. The zero-order valence-corrected chi connectivity index (χ0v) is 12.9. The van der Waals surface area contributed by atoms with Gasteiger partial charge in [0, 0.05) is 36.5 Å². The molecule has 120 valence electrons. The molecule has 0 radical (unpaired) electrons. The van der Waals surface area contributed by atoms with Crippen molar-refractivity contribution in [2.75, 3.05) is 0 Å². The number of nitrogens with zero attached hydrogens (tertiary/aromatic N) is 3. The van der Waals surface area contributed by atoms with Crippen LogP contribution < -0.4 is 5.32 Å². The Morgan fingerprint density at radius 1 is 1.36 bits per heavy atom. The summed E-state index contributed by atoms with van der Waals surface area (Å²) in [5.41, 5.74) is 0.528. The lowest BCUT2D eigenvalue weighted by Crippen LogP contribution is -2.19. The van der Waals surface area contributed by atoms with Crippen LogP contribution in [0.3, 0.4) is 0 Å². The van der Waals surface area contributed by atoms with E-state index in [-0.39, 0.29) is 11.2 Å². The predicted molar refractivity (Wildman–Crippen MR) is 77.4 cm³/mol. The molecule has 0 aliphatic carbocycles. The lowest BCUT2D eigenvalue weighted by molar-refractivity contribution is -0.141. The number of pyridine rings is 1. The molecule has 8 heteroatoms. The number of aryl methyl sites for hydroxylation is 1. The zero-order valence-electron chi connectivity index (χ0n) is 12.2. The van der Waals surface area contributed by atoms with Gasteiger partial charge in [0.1, 0.15) is 10.8 Å². The van der Waals surface area contributed by atoms with Gasteiger partial charge in [-0.2, -0.15) is 18.3 Å². The molecule has 0 saturated heterocycles. The highest BCUT2D eigenvalue weighted by molar-refractivity contribution is 6.30. The van der Waals surface area contributed by atoms with E-state index in [9.17, 15) is 13.2 Å². The van der Waals surface area contributed by atoms with Crippen molar-refractivity contribution < 1.29 is 13.2 Å². The van der Waals surface area contributed by atoms with Crippen LogP contribution >= 0.6 is 11.6 Å². The summed E-state index contributed by atoms with van der Waals surface area (Å²) in [6, 6.07) is 2.06. The van der Waals surface area contributed by atoms with Crippen molar-refractivity contribution in [3.63, 3.8) is 0 Å². The van der Waals surface area contributed by atoms with Crippen molar-refractivity contribution in [2.45, 2.75) is 39.2 Å². The molecule has 2 rings (SSSR count). The summed E-state index contributed by atoms with van der Waals surface area (Å²) >= 11 is 5.87. The van der Waals surface area contributed by atoms with E-state index in [2.05, 4.69) is 15.4 Å². The van der Waals surface area contributed by atoms with Crippen LogP contribution in [0.4, 0.5) is 13.2 Å². The van der Waals surface area contributed by atoms with E-state index in [4.69, 9.17) is 11.6 Å². The number of nitrogens with one attached hydrogen (secondary N) is 1. The normalized spacial score (nSPS) is 13.4. The average molecular weight is 333 g/mol. The molecule has 0 bridgehead atoms. The van der Waals surface area contributed by atoms with Crippen molar-refractivity contribution in [1.82, 2.24) is 20.1 Å². The van der Waals surface area contributed by atoms with E-state index in [0.29, 0.717) is 12.1 Å². The first-order valence-electron chi connectivity index (χ1n) is 6.79. The molecule has 1 atom stereocenters. The van der Waals surface area contributed by atoms with Crippen molar-refractivity contribution in [3.05, 3.63) is 46.5 Å². The highest BCUT2D eigenvalue weighted by Crippen LogP contribution is 2.31. The van der Waals surface area contributed by atoms with Crippen molar-refractivity contribution in [1.29, 1.82) is 0 Å². The van der Waals surface area contributed by atoms with Gasteiger partial charge < -0.3 is 5.32 Å². The molecule has 1 N–H and O–H groups in total. The second kappa shape index (κ2) is 6.66. The van der Waals surface area contributed by atoms with Crippen LogP contribution in [0.5, 0.6) is 0 Å². The van der Waals surface area contributed by atoms with Crippen LogP contribution in [-0.4, -0.2) is 14.8 Å². The van der Waals surface area contributed by atoms with Crippen LogP contribution in [-0.2, 0) is 19.3 Å². The Labute approximate surface area is 131 Å². The molecule has 0 unspecified atom stereocenters. The van der Waals surface area contributed by atoms with Gasteiger partial charge in [-0.3, -0.25) is 4.68 Å². The molecule has 0 saturated carbocycles. The van der Waals surface area contributed by atoms with Gasteiger partial charge in [-0.05, 0) is 19.9 Å². The average Bonchev–Trinajstić information content (AvgIpc) is 2.91. The standard InChI is InChI=1S/C14H16ClF3N4/c1-3-22-8-10(7-20-22)6-19-9(2)11-4-5-12(14(16,17)18)21-13(11)15/h4-5,7-9,19H,3,6H2,1-2H3/t9-/m1/s1. The van der Waals surface area contributed by atoms with E-state index in [1.807, 2.05) is 20.0 Å². The topological polar surface area (TPSA) is 42.7 Å². The molecule has 22 heavy (non-hydrogen) atoms. The number of rotatable bonds is 5. The molecule has 0 aromatic carbocycles. The Bertz CT molecular complexity index is 639. The van der Waals surface area contributed by atoms with Crippen LogP contribution in [0.15, 0.2) is 24.5 Å². The van der Waals surface area contributed by atoms with Gasteiger partial charge in [0.25, 0.3) is 0 Å². The highest BCUT2D eigenvalue weighted by Gasteiger charge is 2.33. The Hall–Kier alpha value is -1.60. The van der Waals surface area contributed by atoms with Crippen molar-refractivity contribution >= 4 is 11.6 Å². The molecule has 0 aliphatic heterocycles. The first-order valence-corrected chi connectivity index (χ1v) is 7.17. The van der Waals surface area contributed by atoms with Crippen molar-refractivity contribution in [2.24, 2.45) is 0 Å². The minimum Gasteiger partial charge on any atom is -0.306 e. The van der Waals surface area contributed by atoms with E-state index >= 15 is 0 Å². The summed E-state index contributed by atoms with van der Waals surface area (Å²) in [6.07, 6.45) is -0.838. The minimum atomic E-state index is -4.49. The van der Waals surface area contributed by atoms with Crippen LogP contribution in [0.1, 0.15) is 36.7 Å². The Morgan fingerprint density at radius 3 is 2.64 bits per heavy atom. The van der Waals surface area contributed by atoms with E-state index < -0.39 is 11.9 Å². The Kier molecular flexibility index (Phi) is 5.08. The summed E-state index contributed by atoms with van der Waals surface area (Å²) in [6.45, 7) is 5.13. The molecular formula is C14H16ClF3N4. The molecule has 2 heterocycles. The summed E-state index contributed by atoms with van der Waals surface area (Å²) in [4.78, 5) is 3.42. The van der Waals surface area contributed by atoms with Gasteiger partial charge in [-0.1, -0.05) is 17.7 Å². The summed E-state index contributed by atoms with van der Waals surface area (Å²) in [7, 11) is 0. The summed E-state index contributed by atoms with van der Waals surface area (Å²) in [5, 5.41) is 7.21.